The molecule has 0 bridgehead atoms. The van der Waals surface area contributed by atoms with Gasteiger partial charge in [0.2, 0.25) is 0 Å². The third-order valence-electron chi connectivity index (χ3n) is 8.40. The Morgan fingerprint density at radius 1 is 0.229 bits per heavy atom. The SMILES string of the molecule is CCCCCCCCCCCCCCCCC(CCCCC)CCCCCCCCCCCCC. The summed E-state index contributed by atoms with van der Waals surface area (Å²) in [6, 6.07) is 0. The molecule has 0 amide bonds. The second-order valence-electron chi connectivity index (χ2n) is 12.1. The summed E-state index contributed by atoms with van der Waals surface area (Å²) in [7, 11) is 0. The lowest BCUT2D eigenvalue weighted by atomic mass is 9.89. The minimum atomic E-state index is 1.04. The summed E-state index contributed by atoms with van der Waals surface area (Å²) in [5.41, 5.74) is 0. The van der Waals surface area contributed by atoms with Crippen molar-refractivity contribution in [3.8, 4) is 0 Å². The van der Waals surface area contributed by atoms with Crippen LogP contribution in [0, 0.1) is 5.92 Å². The van der Waals surface area contributed by atoms with Crippen LogP contribution < -0.4 is 0 Å². The van der Waals surface area contributed by atoms with Crippen LogP contribution in [0.3, 0.4) is 0 Å². The van der Waals surface area contributed by atoms with Crippen LogP contribution in [0.25, 0.3) is 0 Å². The standard InChI is InChI=1S/C35H72/c1-4-7-10-12-14-16-18-19-20-22-24-26-28-31-34-35(32-29-9-6-3)33-30-27-25-23-21-17-15-13-11-8-5-2/h35H,4-34H2,1-3H3. The lowest BCUT2D eigenvalue weighted by Gasteiger charge is -2.17. The van der Waals surface area contributed by atoms with Gasteiger partial charge in [-0.3, -0.25) is 0 Å². The smallest absolute Gasteiger partial charge is 0.0414 e. The molecule has 0 aliphatic heterocycles. The van der Waals surface area contributed by atoms with Crippen LogP contribution in [0.2, 0.25) is 0 Å². The van der Waals surface area contributed by atoms with Crippen molar-refractivity contribution in [1.82, 2.24) is 0 Å². The molecule has 0 radical (unpaired) electrons. The molecule has 35 heavy (non-hydrogen) atoms. The van der Waals surface area contributed by atoms with Crippen molar-refractivity contribution in [1.29, 1.82) is 0 Å². The number of rotatable bonds is 31. The summed E-state index contributed by atoms with van der Waals surface area (Å²) >= 11 is 0. The maximum absolute atomic E-state index is 2.35. The van der Waals surface area contributed by atoms with Crippen LogP contribution in [-0.4, -0.2) is 0 Å². The molecule has 0 spiro atoms. The van der Waals surface area contributed by atoms with Gasteiger partial charge in [-0.2, -0.15) is 0 Å². The fourth-order valence-corrected chi connectivity index (χ4v) is 5.84. The molecule has 0 saturated carbocycles. The number of unbranched alkanes of at least 4 members (excludes halogenated alkanes) is 25. The van der Waals surface area contributed by atoms with Crippen LogP contribution in [0.4, 0.5) is 0 Å². The summed E-state index contributed by atoms with van der Waals surface area (Å²) in [4.78, 5) is 0. The summed E-state index contributed by atoms with van der Waals surface area (Å²) in [6.45, 7) is 6.98. The first-order valence-electron chi connectivity index (χ1n) is 17.3. The highest BCUT2D eigenvalue weighted by molar-refractivity contribution is 4.62. The summed E-state index contributed by atoms with van der Waals surface area (Å²) in [5.74, 6) is 1.04. The minimum absolute atomic E-state index is 1.04. The molecule has 0 aromatic heterocycles. The van der Waals surface area contributed by atoms with E-state index in [9.17, 15) is 0 Å². The Kier molecular flexibility index (Phi) is 32.0. The quantitative estimate of drug-likeness (QED) is 0.0844. The molecule has 1 unspecified atom stereocenters. The molecule has 0 nitrogen and oxygen atoms in total. The fraction of sp³-hybridized carbons (Fsp3) is 1.00. The fourth-order valence-electron chi connectivity index (χ4n) is 5.84. The largest absolute Gasteiger partial charge is 0.0654 e. The maximum Gasteiger partial charge on any atom is -0.0414 e. The van der Waals surface area contributed by atoms with Crippen molar-refractivity contribution >= 4 is 0 Å². The zero-order valence-corrected chi connectivity index (χ0v) is 25.5. The van der Waals surface area contributed by atoms with Gasteiger partial charge in [0.25, 0.3) is 0 Å². The first-order valence-corrected chi connectivity index (χ1v) is 17.3. The molecule has 0 aromatic carbocycles. The van der Waals surface area contributed by atoms with Crippen molar-refractivity contribution in [2.45, 2.75) is 220 Å². The summed E-state index contributed by atoms with van der Waals surface area (Å²) in [6.07, 6.45) is 45.8. The van der Waals surface area contributed by atoms with Gasteiger partial charge in [-0.15, -0.1) is 0 Å². The van der Waals surface area contributed by atoms with Crippen LogP contribution in [0.1, 0.15) is 220 Å². The van der Waals surface area contributed by atoms with E-state index in [-0.39, 0.29) is 0 Å². The van der Waals surface area contributed by atoms with Gasteiger partial charge in [0, 0.05) is 0 Å². The zero-order chi connectivity index (χ0) is 25.5. The van der Waals surface area contributed by atoms with Crippen LogP contribution in [-0.2, 0) is 0 Å². The van der Waals surface area contributed by atoms with Crippen molar-refractivity contribution < 1.29 is 0 Å². The number of hydrogen-bond donors (Lipinski definition) is 0. The molecule has 0 aliphatic rings. The van der Waals surface area contributed by atoms with Crippen molar-refractivity contribution in [3.05, 3.63) is 0 Å². The predicted octanol–water partition coefficient (Wildman–Crippen LogP) is 13.8. The Morgan fingerprint density at radius 2 is 0.400 bits per heavy atom. The highest BCUT2D eigenvalue weighted by Gasteiger charge is 2.08. The van der Waals surface area contributed by atoms with Crippen LogP contribution >= 0.6 is 0 Å². The van der Waals surface area contributed by atoms with Gasteiger partial charge in [-0.05, 0) is 5.92 Å². The monoisotopic (exact) mass is 493 g/mol. The molecule has 0 aromatic rings. The van der Waals surface area contributed by atoms with E-state index in [2.05, 4.69) is 20.8 Å². The van der Waals surface area contributed by atoms with Crippen molar-refractivity contribution in [2.75, 3.05) is 0 Å². The first kappa shape index (κ1) is 35.0. The molecule has 0 saturated heterocycles. The number of hydrogen-bond acceptors (Lipinski definition) is 0. The highest BCUT2D eigenvalue weighted by Crippen LogP contribution is 2.24. The predicted molar refractivity (Wildman–Crippen MR) is 164 cm³/mol. The molecule has 0 heteroatoms. The molecule has 0 fully saturated rings. The van der Waals surface area contributed by atoms with E-state index in [1.54, 1.807) is 0 Å². The van der Waals surface area contributed by atoms with E-state index in [4.69, 9.17) is 0 Å². The van der Waals surface area contributed by atoms with Gasteiger partial charge >= 0.3 is 0 Å². The van der Waals surface area contributed by atoms with Gasteiger partial charge in [0.1, 0.15) is 0 Å². The normalized spacial score (nSPS) is 12.4. The molecule has 0 heterocycles. The minimum Gasteiger partial charge on any atom is -0.0654 e. The van der Waals surface area contributed by atoms with Gasteiger partial charge in [-0.1, -0.05) is 220 Å². The van der Waals surface area contributed by atoms with Crippen LogP contribution in [0.15, 0.2) is 0 Å². The van der Waals surface area contributed by atoms with E-state index in [1.165, 1.54) is 199 Å². The van der Waals surface area contributed by atoms with E-state index in [0.717, 1.165) is 5.92 Å². The van der Waals surface area contributed by atoms with E-state index < -0.39 is 0 Å². The van der Waals surface area contributed by atoms with Gasteiger partial charge in [-0.25, -0.2) is 0 Å². The lowest BCUT2D eigenvalue weighted by molar-refractivity contribution is 0.367. The van der Waals surface area contributed by atoms with Gasteiger partial charge in [0.15, 0.2) is 0 Å². The first-order chi connectivity index (χ1) is 17.3. The second kappa shape index (κ2) is 32.0. The Labute approximate surface area is 225 Å². The zero-order valence-electron chi connectivity index (χ0n) is 25.5. The topological polar surface area (TPSA) is 0 Å². The van der Waals surface area contributed by atoms with Crippen molar-refractivity contribution in [2.24, 2.45) is 5.92 Å². The molecule has 212 valence electrons. The molecular weight excluding hydrogens is 420 g/mol. The summed E-state index contributed by atoms with van der Waals surface area (Å²) < 4.78 is 0. The second-order valence-corrected chi connectivity index (χ2v) is 12.1. The third kappa shape index (κ3) is 30.1. The molecule has 0 N–H and O–H groups in total. The van der Waals surface area contributed by atoms with Crippen LogP contribution in [0.5, 0.6) is 0 Å². The van der Waals surface area contributed by atoms with E-state index in [0.29, 0.717) is 0 Å². The van der Waals surface area contributed by atoms with Crippen molar-refractivity contribution in [3.63, 3.8) is 0 Å². The Bertz CT molecular complexity index is 346. The molecule has 0 rings (SSSR count). The Hall–Kier alpha value is 0. The highest BCUT2D eigenvalue weighted by atomic mass is 14.1. The molecule has 0 aliphatic carbocycles. The van der Waals surface area contributed by atoms with E-state index in [1.807, 2.05) is 0 Å². The van der Waals surface area contributed by atoms with Gasteiger partial charge in [0.05, 0.1) is 0 Å². The Morgan fingerprint density at radius 3 is 0.657 bits per heavy atom. The molecular formula is C35H72. The van der Waals surface area contributed by atoms with Gasteiger partial charge < -0.3 is 0 Å². The summed E-state index contributed by atoms with van der Waals surface area (Å²) in [5, 5.41) is 0. The maximum atomic E-state index is 2.35. The average Bonchev–Trinajstić information content (AvgIpc) is 2.87. The lowest BCUT2D eigenvalue weighted by Crippen LogP contribution is -2.01. The third-order valence-corrected chi connectivity index (χ3v) is 8.40. The van der Waals surface area contributed by atoms with E-state index >= 15 is 0 Å². The Balaban J connectivity index is 3.56. The molecule has 1 atom stereocenters. The average molecular weight is 493 g/mol.